The Balaban J connectivity index is 1.50. The van der Waals surface area contributed by atoms with Crippen molar-refractivity contribution in [3.8, 4) is 0 Å². The lowest BCUT2D eigenvalue weighted by molar-refractivity contribution is -0.906. The number of carbonyl (C=O) groups excluding carboxylic acids is 2. The van der Waals surface area contributed by atoms with Gasteiger partial charge in [0.25, 0.3) is 0 Å². The van der Waals surface area contributed by atoms with E-state index in [1.807, 2.05) is 36.4 Å². The number of carboxylic acid groups (broad SMARTS) is 1. The van der Waals surface area contributed by atoms with Gasteiger partial charge in [0.1, 0.15) is 12.1 Å². The molecule has 2 aromatic carbocycles. The number of hydrogen-bond donors (Lipinski definition) is 1. The summed E-state index contributed by atoms with van der Waals surface area (Å²) in [4.78, 5) is 49.0. The second-order valence-corrected chi connectivity index (χ2v) is 11.0. The van der Waals surface area contributed by atoms with Gasteiger partial charge >= 0.3 is 17.8 Å². The van der Waals surface area contributed by atoms with E-state index in [0.717, 1.165) is 54.5 Å². The van der Waals surface area contributed by atoms with Crippen LogP contribution in [0.5, 0.6) is 0 Å². The number of piperazine rings is 1. The second kappa shape index (κ2) is 10.7. The number of nitrogens with zero attached hydrogens (tertiary/aromatic N) is 3. The SMILES string of the molecule is CN1CCN(CCC[N+]2(OC(=O)C(=O)O)Sc3cc(Sc4ccc(Cl)cc4)ccc3C2=O)CC1. The number of rotatable bonds is 7. The molecule has 0 aliphatic carbocycles. The fourth-order valence-electron chi connectivity index (χ4n) is 3.84. The van der Waals surface area contributed by atoms with Crippen LogP contribution in [0.25, 0.3) is 0 Å². The lowest BCUT2D eigenvalue weighted by Crippen LogP contribution is -2.49. The summed E-state index contributed by atoms with van der Waals surface area (Å²) in [6, 6.07) is 12.8. The smallest absolute Gasteiger partial charge is 0.473 e. The first-order chi connectivity index (χ1) is 16.3. The lowest BCUT2D eigenvalue weighted by Gasteiger charge is -2.32. The zero-order chi connectivity index (χ0) is 24.3. The molecule has 180 valence electrons. The number of carbonyl (C=O) groups is 3. The predicted octanol–water partition coefficient (Wildman–Crippen LogP) is 3.65. The Morgan fingerprint density at radius 3 is 2.47 bits per heavy atom. The molecule has 1 saturated heterocycles. The van der Waals surface area contributed by atoms with Crippen LogP contribution in [-0.2, 0) is 14.4 Å². The maximum Gasteiger partial charge on any atom is 0.476 e. The Hall–Kier alpha value is -2.08. The number of hydroxylamine groups is 2. The maximum absolute atomic E-state index is 13.3. The Morgan fingerprint density at radius 1 is 1.12 bits per heavy atom. The summed E-state index contributed by atoms with van der Waals surface area (Å²) in [6.45, 7) is 4.72. The standard InChI is InChI=1S/C23H24ClN3O5S2/c1-25-10-12-26(13-11-25)9-2-14-27(32-23(31)22(29)30)21(28)19-8-7-18(15-20(19)34-27)33-17-5-3-16(24)4-6-17/h3-8,15H,2,9-14H2,1H3/p+1. The van der Waals surface area contributed by atoms with Crippen molar-refractivity contribution in [2.24, 2.45) is 0 Å². The van der Waals surface area contributed by atoms with Gasteiger partial charge in [0.15, 0.2) is 11.9 Å². The van der Waals surface area contributed by atoms with Crippen LogP contribution < -0.4 is 0 Å². The Morgan fingerprint density at radius 2 is 1.79 bits per heavy atom. The first-order valence-electron chi connectivity index (χ1n) is 10.8. The highest BCUT2D eigenvalue weighted by molar-refractivity contribution is 7.99. The topological polar surface area (TPSA) is 87.2 Å². The van der Waals surface area contributed by atoms with Crippen LogP contribution in [0, 0.1) is 0 Å². The van der Waals surface area contributed by atoms with E-state index >= 15 is 0 Å². The quantitative estimate of drug-likeness (QED) is 0.332. The van der Waals surface area contributed by atoms with Crippen molar-refractivity contribution in [2.45, 2.75) is 21.1 Å². The normalized spacial score (nSPS) is 20.8. The first kappa shape index (κ1) is 25.0. The predicted molar refractivity (Wildman–Crippen MR) is 130 cm³/mol. The molecule has 1 unspecified atom stereocenters. The van der Waals surface area contributed by atoms with Gasteiger partial charge in [0, 0.05) is 54.0 Å². The van der Waals surface area contributed by atoms with Crippen LogP contribution >= 0.6 is 35.3 Å². The minimum atomic E-state index is -1.72. The number of halogens is 1. The zero-order valence-corrected chi connectivity index (χ0v) is 21.0. The van der Waals surface area contributed by atoms with Crippen LogP contribution in [0.4, 0.5) is 0 Å². The molecular weight excluding hydrogens is 498 g/mol. The van der Waals surface area contributed by atoms with Crippen LogP contribution in [-0.4, -0.2) is 83.1 Å². The highest BCUT2D eigenvalue weighted by Crippen LogP contribution is 2.45. The highest BCUT2D eigenvalue weighted by atomic mass is 35.5. The average Bonchev–Trinajstić information content (AvgIpc) is 3.07. The van der Waals surface area contributed by atoms with Crippen molar-refractivity contribution < 1.29 is 28.4 Å². The van der Waals surface area contributed by atoms with E-state index in [1.54, 1.807) is 6.07 Å². The molecule has 0 bridgehead atoms. The van der Waals surface area contributed by atoms with Gasteiger partial charge < -0.3 is 14.9 Å². The minimum Gasteiger partial charge on any atom is -0.473 e. The van der Waals surface area contributed by atoms with E-state index in [4.69, 9.17) is 21.5 Å². The minimum absolute atomic E-state index is 0.184. The van der Waals surface area contributed by atoms with Gasteiger partial charge in [-0.25, -0.2) is 19.2 Å². The van der Waals surface area contributed by atoms with E-state index in [2.05, 4.69) is 16.8 Å². The number of amides is 1. The van der Waals surface area contributed by atoms with Crippen LogP contribution in [0.2, 0.25) is 5.02 Å². The van der Waals surface area contributed by atoms with Crippen molar-refractivity contribution >= 4 is 53.2 Å². The number of aliphatic carboxylic acids is 1. The molecule has 1 fully saturated rings. The molecule has 11 heteroatoms. The van der Waals surface area contributed by atoms with Crippen LogP contribution in [0.15, 0.2) is 57.2 Å². The van der Waals surface area contributed by atoms with Crippen molar-refractivity contribution in [3.05, 3.63) is 53.1 Å². The third-order valence-electron chi connectivity index (χ3n) is 5.72. The summed E-state index contributed by atoms with van der Waals surface area (Å²) in [7, 11) is 2.08. The summed E-state index contributed by atoms with van der Waals surface area (Å²) >= 11 is 8.55. The number of quaternary nitrogens is 1. The first-order valence-corrected chi connectivity index (χ1v) is 12.8. The molecule has 0 spiro atoms. The fourth-order valence-corrected chi connectivity index (χ4v) is 6.16. The largest absolute Gasteiger partial charge is 0.476 e. The van der Waals surface area contributed by atoms with Gasteiger partial charge in [-0.15, -0.1) is 0 Å². The Labute approximate surface area is 211 Å². The van der Waals surface area contributed by atoms with Crippen molar-refractivity contribution in [1.82, 2.24) is 9.80 Å². The van der Waals surface area contributed by atoms with E-state index in [-0.39, 0.29) is 6.54 Å². The summed E-state index contributed by atoms with van der Waals surface area (Å²) in [5.74, 6) is -3.58. The molecule has 1 N–H and O–H groups in total. The van der Waals surface area contributed by atoms with E-state index < -0.39 is 21.9 Å². The van der Waals surface area contributed by atoms with Crippen molar-refractivity contribution in [2.75, 3.05) is 46.3 Å². The lowest BCUT2D eigenvalue weighted by atomic mass is 10.2. The number of hydrogen-bond acceptors (Lipinski definition) is 8. The molecule has 8 nitrogen and oxygen atoms in total. The Kier molecular flexibility index (Phi) is 7.86. The monoisotopic (exact) mass is 522 g/mol. The van der Waals surface area contributed by atoms with Gasteiger partial charge in [-0.3, -0.25) is 0 Å². The molecule has 1 atom stereocenters. The molecule has 0 radical (unpaired) electrons. The van der Waals surface area contributed by atoms with Gasteiger partial charge in [-0.1, -0.05) is 23.4 Å². The van der Waals surface area contributed by atoms with Crippen molar-refractivity contribution in [3.63, 3.8) is 0 Å². The van der Waals surface area contributed by atoms with Gasteiger partial charge in [-0.05, 0) is 53.6 Å². The molecule has 0 aromatic heterocycles. The molecule has 34 heavy (non-hydrogen) atoms. The molecule has 4 rings (SSSR count). The summed E-state index contributed by atoms with van der Waals surface area (Å²) in [5.41, 5.74) is 0.420. The number of carboxylic acids is 1. The summed E-state index contributed by atoms with van der Waals surface area (Å²) < 4.78 is -0.733. The van der Waals surface area contributed by atoms with E-state index in [1.165, 1.54) is 11.8 Å². The van der Waals surface area contributed by atoms with Crippen molar-refractivity contribution in [1.29, 1.82) is 0 Å². The van der Waals surface area contributed by atoms with Gasteiger partial charge in [0.2, 0.25) is 0 Å². The molecular formula is C23H25ClN3O5S2+. The molecule has 0 saturated carbocycles. The van der Waals surface area contributed by atoms with Gasteiger partial charge in [-0.2, -0.15) is 0 Å². The summed E-state index contributed by atoms with van der Waals surface area (Å²) in [5, 5.41) is 9.76. The third kappa shape index (κ3) is 5.76. The second-order valence-electron chi connectivity index (χ2n) is 8.19. The number of benzene rings is 2. The number of likely N-dealkylation sites (N-methyl/N-ethyl adjacent to an activating group) is 1. The highest BCUT2D eigenvalue weighted by Gasteiger charge is 2.53. The number of fused-ring (bicyclic) bond motifs is 1. The third-order valence-corrected chi connectivity index (χ3v) is 8.22. The zero-order valence-electron chi connectivity index (χ0n) is 18.6. The maximum atomic E-state index is 13.3. The summed E-state index contributed by atoms with van der Waals surface area (Å²) in [6.07, 6.45) is 0.579. The fraction of sp³-hybridized carbons (Fsp3) is 0.348. The molecule has 1 amide bonds. The molecule has 2 aliphatic heterocycles. The Bertz CT molecular complexity index is 1090. The molecule has 2 aliphatic rings. The molecule has 2 aromatic rings. The van der Waals surface area contributed by atoms with E-state index in [0.29, 0.717) is 21.9 Å². The van der Waals surface area contributed by atoms with Gasteiger partial charge in [0.05, 0.1) is 4.90 Å². The van der Waals surface area contributed by atoms with Crippen LogP contribution in [0.1, 0.15) is 16.8 Å². The molecule has 2 heterocycles. The average molecular weight is 523 g/mol. The van der Waals surface area contributed by atoms with Crippen LogP contribution in [0.3, 0.4) is 0 Å². The van der Waals surface area contributed by atoms with E-state index in [9.17, 15) is 14.4 Å².